The Morgan fingerprint density at radius 2 is 2.00 bits per heavy atom. The number of hydrogen-bond donors (Lipinski definition) is 1. The van der Waals surface area contributed by atoms with E-state index >= 15 is 0 Å². The van der Waals surface area contributed by atoms with Crippen molar-refractivity contribution >= 4 is 12.0 Å². The molecule has 1 aromatic rings. The van der Waals surface area contributed by atoms with Crippen molar-refractivity contribution in [3.63, 3.8) is 0 Å². The molecule has 2 saturated carbocycles. The summed E-state index contributed by atoms with van der Waals surface area (Å²) in [5.41, 5.74) is 1.54. The molecule has 2 aliphatic carbocycles. The standard InChI is InChI=1S/C22H27NO3/c1-21(2)16-10-11-22(21,3)19(13-16)23-20(24)7-5-4-6-15-8-9-17-18(12-15)26-14-25-17/h4-9,12,16,19H,10-11,13-14H2,1-3H3,(H,23,24)/b6-4+,7-5+/t16-,19-,22+/m1/s1. The van der Waals surface area contributed by atoms with E-state index in [4.69, 9.17) is 9.47 Å². The zero-order valence-corrected chi connectivity index (χ0v) is 15.7. The summed E-state index contributed by atoms with van der Waals surface area (Å²) in [4.78, 5) is 12.3. The van der Waals surface area contributed by atoms with Gasteiger partial charge in [-0.1, -0.05) is 45.1 Å². The fraction of sp³-hybridized carbons (Fsp3) is 0.500. The molecule has 3 atom stereocenters. The maximum atomic E-state index is 12.3. The third kappa shape index (κ3) is 2.72. The van der Waals surface area contributed by atoms with Gasteiger partial charge in [0.1, 0.15) is 0 Å². The Hall–Kier alpha value is -2.23. The van der Waals surface area contributed by atoms with Crippen LogP contribution >= 0.6 is 0 Å². The fourth-order valence-electron chi connectivity index (χ4n) is 4.97. The lowest BCUT2D eigenvalue weighted by Gasteiger charge is -2.39. The maximum Gasteiger partial charge on any atom is 0.244 e. The summed E-state index contributed by atoms with van der Waals surface area (Å²) in [5.74, 6) is 2.27. The molecular formula is C22H27NO3. The summed E-state index contributed by atoms with van der Waals surface area (Å²) in [5, 5.41) is 3.24. The van der Waals surface area contributed by atoms with E-state index in [0.717, 1.165) is 29.4 Å². The number of ether oxygens (including phenoxy) is 2. The van der Waals surface area contributed by atoms with E-state index in [2.05, 4.69) is 26.1 Å². The molecule has 4 nitrogen and oxygen atoms in total. The Balaban J connectivity index is 1.34. The van der Waals surface area contributed by atoms with E-state index < -0.39 is 0 Å². The minimum absolute atomic E-state index is 0.00471. The lowest BCUT2D eigenvalue weighted by atomic mass is 9.69. The van der Waals surface area contributed by atoms with Crippen molar-refractivity contribution in [2.45, 2.75) is 46.1 Å². The number of carbonyl (C=O) groups excluding carboxylic acids is 1. The average molecular weight is 353 g/mol. The second-order valence-corrected chi connectivity index (χ2v) is 8.50. The van der Waals surface area contributed by atoms with Crippen molar-refractivity contribution in [3.8, 4) is 11.5 Å². The van der Waals surface area contributed by atoms with Crippen molar-refractivity contribution in [1.82, 2.24) is 5.32 Å². The van der Waals surface area contributed by atoms with Crippen LogP contribution in [0.2, 0.25) is 0 Å². The molecule has 1 heterocycles. The highest BCUT2D eigenvalue weighted by Gasteiger charge is 2.61. The molecule has 138 valence electrons. The summed E-state index contributed by atoms with van der Waals surface area (Å²) in [6.07, 6.45) is 10.9. The zero-order valence-electron chi connectivity index (χ0n) is 15.7. The summed E-state index contributed by atoms with van der Waals surface area (Å²) >= 11 is 0. The van der Waals surface area contributed by atoms with E-state index in [0.29, 0.717) is 5.41 Å². The lowest BCUT2D eigenvalue weighted by Crippen LogP contribution is -2.46. The molecular weight excluding hydrogens is 326 g/mol. The van der Waals surface area contributed by atoms with Gasteiger partial charge in [-0.15, -0.1) is 0 Å². The van der Waals surface area contributed by atoms with Gasteiger partial charge in [-0.05, 0) is 53.7 Å². The molecule has 26 heavy (non-hydrogen) atoms. The molecule has 1 amide bonds. The van der Waals surface area contributed by atoms with Crippen molar-refractivity contribution in [3.05, 3.63) is 42.0 Å². The van der Waals surface area contributed by atoms with E-state index in [9.17, 15) is 4.79 Å². The molecule has 2 fully saturated rings. The van der Waals surface area contributed by atoms with Crippen LogP contribution in [0.4, 0.5) is 0 Å². The number of allylic oxidation sites excluding steroid dienone is 2. The zero-order chi connectivity index (χ0) is 18.4. The number of hydrogen-bond acceptors (Lipinski definition) is 3. The third-order valence-electron chi connectivity index (χ3n) is 7.15. The van der Waals surface area contributed by atoms with Crippen molar-refractivity contribution in [2.75, 3.05) is 6.79 Å². The maximum absolute atomic E-state index is 12.3. The van der Waals surface area contributed by atoms with Gasteiger partial charge < -0.3 is 14.8 Å². The Morgan fingerprint density at radius 3 is 2.73 bits per heavy atom. The Bertz CT molecular complexity index is 780. The number of carbonyl (C=O) groups is 1. The van der Waals surface area contributed by atoms with Crippen LogP contribution in [0.25, 0.3) is 6.08 Å². The molecule has 2 bridgehead atoms. The minimum atomic E-state index is -0.00471. The molecule has 0 radical (unpaired) electrons. The molecule has 4 rings (SSSR count). The average Bonchev–Trinajstić information content (AvgIpc) is 3.21. The van der Waals surface area contributed by atoms with E-state index in [1.54, 1.807) is 12.2 Å². The van der Waals surface area contributed by atoms with Gasteiger partial charge >= 0.3 is 0 Å². The first kappa shape index (κ1) is 17.2. The number of amides is 1. The predicted molar refractivity (Wildman–Crippen MR) is 102 cm³/mol. The highest BCUT2D eigenvalue weighted by atomic mass is 16.7. The molecule has 0 saturated heterocycles. The second kappa shape index (κ2) is 6.19. The first-order valence-corrected chi connectivity index (χ1v) is 9.45. The number of rotatable bonds is 4. The van der Waals surface area contributed by atoms with Crippen molar-refractivity contribution in [2.24, 2.45) is 16.7 Å². The van der Waals surface area contributed by atoms with E-state index in [-0.39, 0.29) is 24.2 Å². The molecule has 1 aliphatic heterocycles. The monoisotopic (exact) mass is 353 g/mol. The molecule has 1 aromatic carbocycles. The topological polar surface area (TPSA) is 47.6 Å². The lowest BCUT2D eigenvalue weighted by molar-refractivity contribution is -0.118. The van der Waals surface area contributed by atoms with Crippen molar-refractivity contribution < 1.29 is 14.3 Å². The number of nitrogens with one attached hydrogen (secondary N) is 1. The van der Waals surface area contributed by atoms with Crippen LogP contribution in [0.3, 0.4) is 0 Å². The quantitative estimate of drug-likeness (QED) is 0.648. The van der Waals surface area contributed by atoms with Gasteiger partial charge in [-0.25, -0.2) is 0 Å². The Morgan fingerprint density at radius 1 is 1.19 bits per heavy atom. The third-order valence-corrected chi connectivity index (χ3v) is 7.15. The van der Waals surface area contributed by atoms with Crippen LogP contribution in [0.15, 0.2) is 36.4 Å². The molecule has 0 unspecified atom stereocenters. The van der Waals surface area contributed by atoms with E-state index in [1.807, 2.05) is 30.4 Å². The molecule has 0 spiro atoms. The van der Waals surface area contributed by atoms with Gasteiger partial charge in [0.2, 0.25) is 12.7 Å². The fourth-order valence-corrected chi connectivity index (χ4v) is 4.97. The van der Waals surface area contributed by atoms with Crippen molar-refractivity contribution in [1.29, 1.82) is 0 Å². The van der Waals surface area contributed by atoms with Crippen LogP contribution in [-0.2, 0) is 4.79 Å². The summed E-state index contributed by atoms with van der Waals surface area (Å²) < 4.78 is 10.7. The minimum Gasteiger partial charge on any atom is -0.454 e. The predicted octanol–water partition coefficient (Wildman–Crippen LogP) is 4.32. The summed E-state index contributed by atoms with van der Waals surface area (Å²) in [6.45, 7) is 7.34. The normalized spacial score (nSPS) is 31.2. The van der Waals surface area contributed by atoms with Gasteiger partial charge in [0.15, 0.2) is 11.5 Å². The first-order chi connectivity index (χ1) is 12.4. The van der Waals surface area contributed by atoms with Gasteiger partial charge in [-0.3, -0.25) is 4.79 Å². The first-order valence-electron chi connectivity index (χ1n) is 9.45. The van der Waals surface area contributed by atoms with Crippen LogP contribution in [0, 0.1) is 16.7 Å². The van der Waals surface area contributed by atoms with Gasteiger partial charge in [0, 0.05) is 12.1 Å². The molecule has 0 aromatic heterocycles. The van der Waals surface area contributed by atoms with Crippen LogP contribution in [0.1, 0.15) is 45.6 Å². The largest absolute Gasteiger partial charge is 0.454 e. The SMILES string of the molecule is CC1(C)[C@@H]2CC[C@@]1(C)[C@H](NC(=O)/C=C/C=C/c1ccc3c(c1)OCO3)C2. The van der Waals surface area contributed by atoms with Crippen LogP contribution in [-0.4, -0.2) is 18.7 Å². The number of benzene rings is 1. The molecule has 1 N–H and O–H groups in total. The Labute approximate surface area is 155 Å². The highest BCUT2D eigenvalue weighted by Crippen LogP contribution is 2.65. The molecule has 4 heteroatoms. The highest BCUT2D eigenvalue weighted by molar-refractivity contribution is 5.88. The van der Waals surface area contributed by atoms with Crippen LogP contribution in [0.5, 0.6) is 11.5 Å². The van der Waals surface area contributed by atoms with Gasteiger partial charge in [-0.2, -0.15) is 0 Å². The Kier molecular flexibility index (Phi) is 4.09. The van der Waals surface area contributed by atoms with Crippen LogP contribution < -0.4 is 14.8 Å². The van der Waals surface area contributed by atoms with Gasteiger partial charge in [0.05, 0.1) is 0 Å². The van der Waals surface area contributed by atoms with E-state index in [1.165, 1.54) is 12.8 Å². The smallest absolute Gasteiger partial charge is 0.244 e. The second-order valence-electron chi connectivity index (χ2n) is 8.50. The number of fused-ring (bicyclic) bond motifs is 3. The summed E-state index contributed by atoms with van der Waals surface area (Å²) in [6, 6.07) is 6.09. The van der Waals surface area contributed by atoms with Gasteiger partial charge in [0.25, 0.3) is 0 Å². The molecule has 3 aliphatic rings. The summed E-state index contributed by atoms with van der Waals surface area (Å²) in [7, 11) is 0.